The van der Waals surface area contributed by atoms with E-state index in [2.05, 4.69) is 117 Å². The molecular weight excluding hydrogens is 548 g/mol. The molecule has 0 saturated heterocycles. The average molecular weight is 593 g/mol. The van der Waals surface area contributed by atoms with Gasteiger partial charge in [0, 0.05) is 21.5 Å². The summed E-state index contributed by atoms with van der Waals surface area (Å²) in [6.45, 7) is 26.2. The van der Waals surface area contributed by atoms with Crippen molar-refractivity contribution in [1.82, 2.24) is 4.98 Å². The smallest absolute Gasteiger partial charge is 0.280 e. The Hall–Kier alpha value is -4.06. The number of benzene rings is 2. The van der Waals surface area contributed by atoms with Crippen molar-refractivity contribution in [3.05, 3.63) is 75.9 Å². The number of carbonyl (C=O) groups is 1. The Morgan fingerprint density at radius 2 is 1.09 bits per heavy atom. The lowest BCUT2D eigenvalue weighted by Crippen LogP contribution is -2.17. The van der Waals surface area contributed by atoms with Crippen molar-refractivity contribution in [3.8, 4) is 17.3 Å². The normalized spacial score (nSPS) is 14.6. The highest BCUT2D eigenvalue weighted by Crippen LogP contribution is 2.46. The monoisotopic (exact) mass is 592 g/mol. The van der Waals surface area contributed by atoms with Crippen molar-refractivity contribution in [1.29, 1.82) is 0 Å². The van der Waals surface area contributed by atoms with Crippen LogP contribution in [0, 0.1) is 0 Å². The lowest BCUT2D eigenvalue weighted by molar-refractivity contribution is 0.101. The van der Waals surface area contributed by atoms with Crippen molar-refractivity contribution in [3.63, 3.8) is 0 Å². The summed E-state index contributed by atoms with van der Waals surface area (Å²) in [7, 11) is 0. The highest BCUT2D eigenvalue weighted by atomic mass is 16.3. The number of furan rings is 2. The van der Waals surface area contributed by atoms with E-state index in [-0.39, 0.29) is 27.5 Å². The summed E-state index contributed by atoms with van der Waals surface area (Å²) in [5.74, 6) is 0.415. The van der Waals surface area contributed by atoms with E-state index in [0.717, 1.165) is 32.7 Å². The van der Waals surface area contributed by atoms with Gasteiger partial charge >= 0.3 is 0 Å². The average Bonchev–Trinajstić information content (AvgIpc) is 3.64. The number of rotatable bonds is 2. The maximum Gasteiger partial charge on any atom is 0.280 e. The minimum atomic E-state index is -0.442. The van der Waals surface area contributed by atoms with E-state index in [0.29, 0.717) is 34.1 Å². The van der Waals surface area contributed by atoms with Crippen molar-refractivity contribution in [2.75, 3.05) is 0 Å². The number of nitrogens with zero attached hydrogens (tertiary/aromatic N) is 1. The first-order valence-electron chi connectivity index (χ1n) is 15.4. The number of hydrogen-bond donors (Lipinski definition) is 2. The summed E-state index contributed by atoms with van der Waals surface area (Å²) in [5, 5.41) is 15.1. The van der Waals surface area contributed by atoms with Crippen LogP contribution in [0.2, 0.25) is 0 Å². The van der Waals surface area contributed by atoms with Gasteiger partial charge in [0.25, 0.3) is 5.91 Å². The topological polar surface area (TPSA) is 91.7 Å². The second-order valence-electron chi connectivity index (χ2n) is 16.5. The van der Waals surface area contributed by atoms with E-state index in [4.69, 9.17) is 8.83 Å². The first-order valence-corrected chi connectivity index (χ1v) is 15.4. The van der Waals surface area contributed by atoms with Gasteiger partial charge in [-0.25, -0.2) is 4.99 Å². The van der Waals surface area contributed by atoms with Gasteiger partial charge in [-0.3, -0.25) is 4.79 Å². The summed E-state index contributed by atoms with van der Waals surface area (Å²) in [6.07, 6.45) is 3.47. The molecule has 1 aliphatic rings. The third-order valence-corrected chi connectivity index (χ3v) is 8.83. The zero-order chi connectivity index (χ0) is 32.3. The SMILES string of the molecule is CC(C)(C)c1cc(C(C)(C)C)c2c(C3=NC(=O)c4c(-c5occ6cc(C(C)(C)C)cc(C(C)(C)C)c56)[nH]c(O)c43)occ2c1. The molecule has 6 rings (SSSR count). The molecule has 0 saturated carbocycles. The van der Waals surface area contributed by atoms with Crippen molar-refractivity contribution < 1.29 is 18.7 Å². The van der Waals surface area contributed by atoms with Gasteiger partial charge in [0.2, 0.25) is 0 Å². The summed E-state index contributed by atoms with van der Waals surface area (Å²) in [6, 6.07) is 8.77. The van der Waals surface area contributed by atoms with Crippen LogP contribution in [0.4, 0.5) is 0 Å². The molecular formula is C38H44N2O4. The molecule has 0 atom stereocenters. The minimum Gasteiger partial charge on any atom is -0.494 e. The van der Waals surface area contributed by atoms with Crippen LogP contribution < -0.4 is 0 Å². The summed E-state index contributed by atoms with van der Waals surface area (Å²) in [5.41, 5.74) is 5.48. The fourth-order valence-corrected chi connectivity index (χ4v) is 6.27. The Kier molecular flexibility index (Phi) is 6.29. The number of aliphatic imine (C=N–C) groups is 1. The predicted octanol–water partition coefficient (Wildman–Crippen LogP) is 10.1. The number of carbonyl (C=O) groups excluding carboxylic acids is 1. The fourth-order valence-electron chi connectivity index (χ4n) is 6.27. The largest absolute Gasteiger partial charge is 0.494 e. The fraction of sp³-hybridized carbons (Fsp3) is 0.421. The van der Waals surface area contributed by atoms with E-state index < -0.39 is 5.91 Å². The van der Waals surface area contributed by atoms with E-state index >= 15 is 0 Å². The molecule has 2 N–H and O–H groups in total. The molecule has 5 aromatic rings. The number of H-pyrrole nitrogens is 1. The molecule has 4 heterocycles. The van der Waals surface area contributed by atoms with Gasteiger partial charge in [-0.1, -0.05) is 95.2 Å². The molecule has 0 radical (unpaired) electrons. The van der Waals surface area contributed by atoms with E-state index in [1.165, 1.54) is 11.1 Å². The van der Waals surface area contributed by atoms with Crippen molar-refractivity contribution >= 4 is 33.2 Å². The quantitative estimate of drug-likeness (QED) is 0.213. The van der Waals surface area contributed by atoms with E-state index in [9.17, 15) is 9.90 Å². The maximum atomic E-state index is 13.7. The first-order chi connectivity index (χ1) is 20.2. The molecule has 230 valence electrons. The van der Waals surface area contributed by atoms with Crippen LogP contribution in [0.1, 0.15) is 127 Å². The molecule has 0 spiro atoms. The van der Waals surface area contributed by atoms with Crippen LogP contribution in [-0.4, -0.2) is 21.7 Å². The zero-order valence-electron chi connectivity index (χ0n) is 28.1. The van der Waals surface area contributed by atoms with Gasteiger partial charge in [-0.05, 0) is 56.0 Å². The van der Waals surface area contributed by atoms with Gasteiger partial charge in [-0.2, -0.15) is 0 Å². The second-order valence-corrected chi connectivity index (χ2v) is 16.5. The number of amides is 1. The molecule has 0 fully saturated rings. The van der Waals surface area contributed by atoms with Gasteiger partial charge in [-0.15, -0.1) is 0 Å². The molecule has 3 aromatic heterocycles. The van der Waals surface area contributed by atoms with Crippen LogP contribution in [0.5, 0.6) is 5.88 Å². The minimum absolute atomic E-state index is 0.0539. The van der Waals surface area contributed by atoms with Crippen LogP contribution in [0.3, 0.4) is 0 Å². The van der Waals surface area contributed by atoms with Crippen LogP contribution in [0.25, 0.3) is 33.0 Å². The van der Waals surface area contributed by atoms with Gasteiger partial charge in [0.1, 0.15) is 5.71 Å². The van der Waals surface area contributed by atoms with Crippen LogP contribution in [-0.2, 0) is 21.7 Å². The first kappa shape index (κ1) is 30.0. The van der Waals surface area contributed by atoms with Crippen LogP contribution >= 0.6 is 0 Å². The molecule has 6 heteroatoms. The third-order valence-electron chi connectivity index (χ3n) is 8.83. The number of aromatic nitrogens is 1. The van der Waals surface area contributed by atoms with Gasteiger partial charge < -0.3 is 18.9 Å². The maximum absolute atomic E-state index is 13.7. The van der Waals surface area contributed by atoms with Crippen molar-refractivity contribution in [2.45, 2.75) is 105 Å². The number of aromatic amines is 1. The lowest BCUT2D eigenvalue weighted by Gasteiger charge is -2.26. The molecule has 0 aliphatic carbocycles. The Morgan fingerprint density at radius 1 is 0.636 bits per heavy atom. The zero-order valence-corrected chi connectivity index (χ0v) is 28.1. The predicted molar refractivity (Wildman–Crippen MR) is 179 cm³/mol. The Morgan fingerprint density at radius 3 is 1.55 bits per heavy atom. The van der Waals surface area contributed by atoms with Gasteiger partial charge in [0.15, 0.2) is 17.4 Å². The number of nitrogens with one attached hydrogen (secondary N) is 1. The lowest BCUT2D eigenvalue weighted by atomic mass is 9.78. The Bertz CT molecular complexity index is 2020. The number of aromatic hydroxyl groups is 1. The standard InChI is InChI=1S/C38H44N2O4/c1-35(2,3)21-13-19-17-43-31(25(19)23(15-21)37(7,8)9)29-27-28(34(42)39-29)30(40-33(27)41)32-26-20(18-44-32)14-22(36(4,5)6)16-24(26)38(10,11)12/h13-18,39,42H,1-12H3. The molecule has 44 heavy (non-hydrogen) atoms. The summed E-state index contributed by atoms with van der Waals surface area (Å²) in [4.78, 5) is 21.3. The van der Waals surface area contributed by atoms with Crippen LogP contribution in [0.15, 0.2) is 50.6 Å². The summed E-state index contributed by atoms with van der Waals surface area (Å²) >= 11 is 0. The van der Waals surface area contributed by atoms with E-state index in [1.807, 2.05) is 0 Å². The molecule has 0 unspecified atom stereocenters. The number of hydrogen-bond acceptors (Lipinski definition) is 4. The number of fused-ring (bicyclic) bond motifs is 3. The van der Waals surface area contributed by atoms with E-state index in [1.54, 1.807) is 12.5 Å². The molecule has 1 aliphatic heterocycles. The molecule has 2 aromatic carbocycles. The van der Waals surface area contributed by atoms with Gasteiger partial charge in [0.05, 0.1) is 29.3 Å². The highest BCUT2D eigenvalue weighted by molar-refractivity contribution is 6.32. The second kappa shape index (κ2) is 9.23. The molecule has 6 nitrogen and oxygen atoms in total. The molecule has 0 bridgehead atoms. The van der Waals surface area contributed by atoms with Crippen molar-refractivity contribution in [2.24, 2.45) is 4.99 Å². The third kappa shape index (κ3) is 4.61. The summed E-state index contributed by atoms with van der Waals surface area (Å²) < 4.78 is 12.4. The Balaban J connectivity index is 1.58. The molecule has 1 amide bonds. The highest BCUT2D eigenvalue weighted by Gasteiger charge is 2.39. The Labute approximate surface area is 259 Å².